The van der Waals surface area contributed by atoms with Crippen LogP contribution in [-0.4, -0.2) is 58.0 Å². The first kappa shape index (κ1) is 21.2. The van der Waals surface area contributed by atoms with Crippen LogP contribution in [0.25, 0.3) is 28.2 Å². The molecule has 32 heavy (non-hydrogen) atoms. The fraction of sp³-hybridized carbons (Fsp3) is 0.208. The van der Waals surface area contributed by atoms with Gasteiger partial charge < -0.3 is 19.7 Å². The van der Waals surface area contributed by atoms with Gasteiger partial charge in [0, 0.05) is 35.1 Å². The second kappa shape index (κ2) is 8.58. The van der Waals surface area contributed by atoms with E-state index >= 15 is 0 Å². The van der Waals surface area contributed by atoms with E-state index in [4.69, 9.17) is 14.5 Å². The van der Waals surface area contributed by atoms with Gasteiger partial charge in [-0.25, -0.2) is 14.6 Å². The highest BCUT2D eigenvalue weighted by molar-refractivity contribution is 5.91. The van der Waals surface area contributed by atoms with E-state index in [1.807, 2.05) is 36.4 Å². The summed E-state index contributed by atoms with van der Waals surface area (Å²) in [6.07, 6.45) is -0.186. The number of fused-ring (bicyclic) bond motifs is 1. The summed E-state index contributed by atoms with van der Waals surface area (Å²) in [5.74, 6) is -0.0947. The van der Waals surface area contributed by atoms with Crippen molar-refractivity contribution in [3.63, 3.8) is 0 Å². The predicted molar refractivity (Wildman–Crippen MR) is 119 cm³/mol. The van der Waals surface area contributed by atoms with E-state index < -0.39 is 24.2 Å². The lowest BCUT2D eigenvalue weighted by Crippen LogP contribution is -2.39. The molecule has 0 aliphatic carbocycles. The largest absolute Gasteiger partial charge is 0.496 e. The van der Waals surface area contributed by atoms with Gasteiger partial charge in [-0.15, -0.1) is 0 Å². The van der Waals surface area contributed by atoms with Crippen molar-refractivity contribution in [3.8, 4) is 22.8 Å². The van der Waals surface area contributed by atoms with E-state index in [-0.39, 0.29) is 13.0 Å². The molecule has 1 saturated heterocycles. The molecule has 2 N–H and O–H groups in total. The topological polar surface area (TPSA) is 109 Å². The number of carboxylic acids is 1. The van der Waals surface area contributed by atoms with Gasteiger partial charge in [-0.2, -0.15) is 0 Å². The molecule has 3 aromatic rings. The number of nitrogens with zero attached hydrogens (tertiary/aromatic N) is 2. The van der Waals surface area contributed by atoms with Crippen molar-refractivity contribution in [2.45, 2.75) is 18.6 Å². The van der Waals surface area contributed by atoms with E-state index in [0.717, 1.165) is 16.0 Å². The molecule has 0 spiro atoms. The molecule has 1 amide bonds. The highest BCUT2D eigenvalue weighted by atomic mass is 16.5. The van der Waals surface area contributed by atoms with Crippen LogP contribution in [0, 0.1) is 0 Å². The van der Waals surface area contributed by atoms with Crippen LogP contribution in [0.3, 0.4) is 0 Å². The molecular weight excluding hydrogens is 412 g/mol. The summed E-state index contributed by atoms with van der Waals surface area (Å²) in [6.45, 7) is 3.78. The van der Waals surface area contributed by atoms with Crippen LogP contribution in [-0.2, 0) is 4.79 Å². The van der Waals surface area contributed by atoms with Gasteiger partial charge in [0.15, 0.2) is 0 Å². The number of benzene rings is 2. The summed E-state index contributed by atoms with van der Waals surface area (Å²) in [5.41, 5.74) is 2.94. The van der Waals surface area contributed by atoms with E-state index in [1.165, 1.54) is 0 Å². The Hall–Kier alpha value is -4.07. The van der Waals surface area contributed by atoms with Crippen LogP contribution in [0.4, 0.5) is 4.79 Å². The Balaban J connectivity index is 1.80. The molecule has 4 rings (SSSR count). The van der Waals surface area contributed by atoms with E-state index in [2.05, 4.69) is 6.58 Å². The molecule has 8 nitrogen and oxygen atoms in total. The summed E-state index contributed by atoms with van der Waals surface area (Å²) in [5, 5.41) is 19.5. The molecular formula is C24H22N2O6. The monoisotopic (exact) mass is 434 g/mol. The number of likely N-dealkylation sites (tertiary alicyclic amines) is 1. The molecule has 1 aliphatic rings. The molecule has 2 aromatic carbocycles. The third-order valence-electron chi connectivity index (χ3n) is 5.50. The maximum atomic E-state index is 11.5. The predicted octanol–water partition coefficient (Wildman–Crippen LogP) is 4.14. The third-order valence-corrected chi connectivity index (χ3v) is 5.50. The zero-order valence-electron chi connectivity index (χ0n) is 17.4. The minimum absolute atomic E-state index is 0.0404. The molecule has 164 valence electrons. The van der Waals surface area contributed by atoms with E-state index in [0.29, 0.717) is 28.1 Å². The Labute approximate surface area is 184 Å². The normalized spacial score (nSPS) is 17.8. The number of rotatable bonds is 6. The van der Waals surface area contributed by atoms with Crippen molar-refractivity contribution in [1.82, 2.24) is 9.88 Å². The van der Waals surface area contributed by atoms with Crippen LogP contribution in [0.15, 0.2) is 55.1 Å². The first-order chi connectivity index (χ1) is 15.4. The molecule has 8 heteroatoms. The van der Waals surface area contributed by atoms with Gasteiger partial charge >= 0.3 is 12.1 Å². The maximum Gasteiger partial charge on any atom is 0.408 e. The van der Waals surface area contributed by atoms with E-state index in [9.17, 15) is 19.8 Å². The highest BCUT2D eigenvalue weighted by Gasteiger charge is 2.41. The maximum absolute atomic E-state index is 11.5. The highest BCUT2D eigenvalue weighted by Crippen LogP contribution is 2.36. The Morgan fingerprint density at radius 3 is 2.50 bits per heavy atom. The number of ether oxygens (including phenoxy) is 2. The van der Waals surface area contributed by atoms with Crippen molar-refractivity contribution in [3.05, 3.63) is 60.7 Å². The molecule has 1 fully saturated rings. The zero-order valence-corrected chi connectivity index (χ0v) is 17.4. The van der Waals surface area contributed by atoms with Crippen LogP contribution in [0.1, 0.15) is 12.0 Å². The van der Waals surface area contributed by atoms with Crippen molar-refractivity contribution in [2.75, 3.05) is 13.7 Å². The zero-order chi connectivity index (χ0) is 22.8. The van der Waals surface area contributed by atoms with Gasteiger partial charge in [0.1, 0.15) is 23.6 Å². The fourth-order valence-electron chi connectivity index (χ4n) is 3.94. The number of pyridine rings is 1. The summed E-state index contributed by atoms with van der Waals surface area (Å²) in [4.78, 5) is 28.7. The first-order valence-electron chi connectivity index (χ1n) is 10.0. The van der Waals surface area contributed by atoms with Crippen molar-refractivity contribution in [2.24, 2.45) is 0 Å². The van der Waals surface area contributed by atoms with Crippen LogP contribution < -0.4 is 9.47 Å². The van der Waals surface area contributed by atoms with Gasteiger partial charge in [-0.05, 0) is 6.07 Å². The molecule has 0 bridgehead atoms. The van der Waals surface area contributed by atoms with Crippen molar-refractivity contribution >= 4 is 29.0 Å². The smallest absolute Gasteiger partial charge is 0.408 e. The van der Waals surface area contributed by atoms with Gasteiger partial charge in [0.25, 0.3) is 0 Å². The van der Waals surface area contributed by atoms with E-state index in [1.54, 1.807) is 25.3 Å². The average molecular weight is 434 g/mol. The summed E-state index contributed by atoms with van der Waals surface area (Å²) in [7, 11) is 1.57. The number of aliphatic carboxylic acids is 1. The van der Waals surface area contributed by atoms with Gasteiger partial charge in [0.2, 0.25) is 0 Å². The number of carboxylic acid groups (broad SMARTS) is 2. The fourth-order valence-corrected chi connectivity index (χ4v) is 3.94. The molecule has 0 radical (unpaired) electrons. The number of aromatic nitrogens is 1. The van der Waals surface area contributed by atoms with Gasteiger partial charge in [-0.3, -0.25) is 4.90 Å². The number of hydrogen-bond acceptors (Lipinski definition) is 5. The molecule has 2 heterocycles. The molecule has 0 saturated carbocycles. The quantitative estimate of drug-likeness (QED) is 0.600. The lowest BCUT2D eigenvalue weighted by Gasteiger charge is -2.18. The standard InChI is InChI=1S/C24H22N2O6/c1-3-14-9-17-19(12-21(14)31-2)25-18(15-7-5-4-6-8-15)11-22(17)32-16-10-20(23(27)28)26(13-16)24(29)30/h3-9,11-12,16,20H,1,10,13H2,2H3,(H,27,28)(H,29,30)/t16-,20+/m1/s1. The van der Waals surface area contributed by atoms with Gasteiger partial charge in [-0.1, -0.05) is 43.0 Å². The van der Waals surface area contributed by atoms with Gasteiger partial charge in [0.05, 0.1) is 24.9 Å². The minimum atomic E-state index is -1.29. The number of amides is 1. The second-order valence-electron chi connectivity index (χ2n) is 7.45. The number of hydrogen-bond donors (Lipinski definition) is 2. The van der Waals surface area contributed by atoms with Crippen molar-refractivity contribution in [1.29, 1.82) is 0 Å². The molecule has 1 aromatic heterocycles. The molecule has 1 aliphatic heterocycles. The number of methoxy groups -OCH3 is 1. The molecule has 0 unspecified atom stereocenters. The van der Waals surface area contributed by atoms with Crippen LogP contribution in [0.2, 0.25) is 0 Å². The van der Waals surface area contributed by atoms with Crippen LogP contribution in [0.5, 0.6) is 11.5 Å². The van der Waals surface area contributed by atoms with Crippen molar-refractivity contribution < 1.29 is 29.3 Å². The Kier molecular flexibility index (Phi) is 5.68. The lowest BCUT2D eigenvalue weighted by atomic mass is 10.1. The lowest BCUT2D eigenvalue weighted by molar-refractivity contribution is -0.141. The third kappa shape index (κ3) is 3.94. The summed E-state index contributed by atoms with van der Waals surface area (Å²) in [6, 6.07) is 13.8. The average Bonchev–Trinajstić information content (AvgIpc) is 3.23. The summed E-state index contributed by atoms with van der Waals surface area (Å²) < 4.78 is 11.7. The minimum Gasteiger partial charge on any atom is -0.496 e. The Bertz CT molecular complexity index is 1170. The Morgan fingerprint density at radius 2 is 1.91 bits per heavy atom. The summed E-state index contributed by atoms with van der Waals surface area (Å²) >= 11 is 0. The number of carbonyl (C=O) groups is 2. The Morgan fingerprint density at radius 1 is 1.16 bits per heavy atom. The van der Waals surface area contributed by atoms with Crippen LogP contribution >= 0.6 is 0 Å². The molecule has 2 atom stereocenters. The second-order valence-corrected chi connectivity index (χ2v) is 7.45. The SMILES string of the molecule is C=Cc1cc2c(O[C@@H]3C[C@@H](C(=O)O)N(C(=O)O)C3)cc(-c3ccccc3)nc2cc1OC. The first-order valence-corrected chi connectivity index (χ1v) is 10.0.